The second kappa shape index (κ2) is 7.96. The number of hydrogen-bond donors (Lipinski definition) is 0. The molecule has 25 heavy (non-hydrogen) atoms. The smallest absolute Gasteiger partial charge is 0.213 e. The molecule has 0 saturated carbocycles. The fourth-order valence-electron chi connectivity index (χ4n) is 3.95. The molecule has 0 aliphatic carbocycles. The number of ether oxygens (including phenoxy) is 1. The standard InChI is InChI=1S/C21H29N3O/c1-15-11-19(12-16(2)22-15)13-18-7-6-10-24(14-18)17(3)20-8-5-9-21(23-20)25-4/h5,8-9,11-12,17-18H,6-7,10,13-14H2,1-4H3/t17-,18+/m0/s1. The van der Waals surface area contributed by atoms with Gasteiger partial charge >= 0.3 is 0 Å². The van der Waals surface area contributed by atoms with Crippen LogP contribution in [0.5, 0.6) is 5.88 Å². The van der Waals surface area contributed by atoms with Crippen LogP contribution < -0.4 is 4.74 Å². The summed E-state index contributed by atoms with van der Waals surface area (Å²) in [6, 6.07) is 10.8. The number of aryl methyl sites for hydroxylation is 2. The van der Waals surface area contributed by atoms with Crippen LogP contribution in [0, 0.1) is 19.8 Å². The average Bonchev–Trinajstić information content (AvgIpc) is 2.60. The zero-order valence-corrected chi connectivity index (χ0v) is 15.8. The van der Waals surface area contributed by atoms with Crippen molar-refractivity contribution in [1.29, 1.82) is 0 Å². The van der Waals surface area contributed by atoms with E-state index in [0.29, 0.717) is 17.8 Å². The summed E-state index contributed by atoms with van der Waals surface area (Å²) < 4.78 is 5.28. The Morgan fingerprint density at radius 1 is 1.20 bits per heavy atom. The number of aromatic nitrogens is 2. The Hall–Kier alpha value is -1.94. The van der Waals surface area contributed by atoms with Gasteiger partial charge < -0.3 is 4.74 Å². The number of pyridine rings is 2. The van der Waals surface area contributed by atoms with Gasteiger partial charge in [-0.05, 0) is 76.3 Å². The molecule has 0 unspecified atom stereocenters. The van der Waals surface area contributed by atoms with Crippen molar-refractivity contribution in [1.82, 2.24) is 14.9 Å². The van der Waals surface area contributed by atoms with E-state index in [1.54, 1.807) is 7.11 Å². The van der Waals surface area contributed by atoms with E-state index in [9.17, 15) is 0 Å². The van der Waals surface area contributed by atoms with E-state index in [1.165, 1.54) is 18.4 Å². The molecule has 3 heterocycles. The summed E-state index contributed by atoms with van der Waals surface area (Å²) in [6.07, 6.45) is 3.69. The number of piperidine rings is 1. The zero-order valence-electron chi connectivity index (χ0n) is 15.8. The van der Waals surface area contributed by atoms with Crippen LogP contribution >= 0.6 is 0 Å². The molecule has 1 aliphatic rings. The predicted octanol–water partition coefficient (Wildman–Crippen LogP) is 4.12. The Morgan fingerprint density at radius 2 is 1.96 bits per heavy atom. The summed E-state index contributed by atoms with van der Waals surface area (Å²) >= 11 is 0. The molecule has 4 nitrogen and oxygen atoms in total. The Bertz CT molecular complexity index is 696. The largest absolute Gasteiger partial charge is 0.481 e. The quantitative estimate of drug-likeness (QED) is 0.821. The lowest BCUT2D eigenvalue weighted by Crippen LogP contribution is -2.38. The number of likely N-dealkylation sites (tertiary alicyclic amines) is 1. The topological polar surface area (TPSA) is 38.2 Å². The monoisotopic (exact) mass is 339 g/mol. The van der Waals surface area contributed by atoms with Gasteiger partial charge in [-0.1, -0.05) is 6.07 Å². The van der Waals surface area contributed by atoms with Gasteiger partial charge in [0, 0.05) is 30.0 Å². The summed E-state index contributed by atoms with van der Waals surface area (Å²) in [5.74, 6) is 1.39. The van der Waals surface area contributed by atoms with Crippen LogP contribution in [0.15, 0.2) is 30.3 Å². The third-order valence-electron chi connectivity index (χ3n) is 5.15. The van der Waals surface area contributed by atoms with Crippen molar-refractivity contribution in [2.45, 2.75) is 46.1 Å². The van der Waals surface area contributed by atoms with Crippen LogP contribution in [0.2, 0.25) is 0 Å². The summed E-state index contributed by atoms with van der Waals surface area (Å²) in [5, 5.41) is 0. The summed E-state index contributed by atoms with van der Waals surface area (Å²) in [5.41, 5.74) is 4.76. The molecule has 1 fully saturated rings. The maximum Gasteiger partial charge on any atom is 0.213 e. The number of nitrogens with zero attached hydrogens (tertiary/aromatic N) is 3. The first-order valence-corrected chi connectivity index (χ1v) is 9.24. The highest BCUT2D eigenvalue weighted by Crippen LogP contribution is 2.28. The number of hydrogen-bond acceptors (Lipinski definition) is 4. The highest BCUT2D eigenvalue weighted by molar-refractivity contribution is 5.21. The molecule has 0 aromatic carbocycles. The second-order valence-electron chi connectivity index (χ2n) is 7.25. The molecule has 1 saturated heterocycles. The lowest BCUT2D eigenvalue weighted by atomic mass is 9.90. The number of rotatable bonds is 5. The first kappa shape index (κ1) is 17.9. The lowest BCUT2D eigenvalue weighted by molar-refractivity contribution is 0.129. The minimum absolute atomic E-state index is 0.318. The van der Waals surface area contributed by atoms with Crippen molar-refractivity contribution >= 4 is 0 Å². The lowest BCUT2D eigenvalue weighted by Gasteiger charge is -2.36. The minimum Gasteiger partial charge on any atom is -0.481 e. The van der Waals surface area contributed by atoms with Crippen molar-refractivity contribution < 1.29 is 4.74 Å². The van der Waals surface area contributed by atoms with E-state index >= 15 is 0 Å². The highest BCUT2D eigenvalue weighted by Gasteiger charge is 2.25. The zero-order chi connectivity index (χ0) is 17.8. The summed E-state index contributed by atoms with van der Waals surface area (Å²) in [7, 11) is 1.67. The van der Waals surface area contributed by atoms with Gasteiger partial charge in [-0.3, -0.25) is 9.88 Å². The van der Waals surface area contributed by atoms with E-state index in [-0.39, 0.29) is 0 Å². The number of methoxy groups -OCH3 is 1. The summed E-state index contributed by atoms with van der Waals surface area (Å²) in [4.78, 5) is 11.7. The van der Waals surface area contributed by atoms with Gasteiger partial charge in [0.2, 0.25) is 5.88 Å². The van der Waals surface area contributed by atoms with Gasteiger partial charge in [0.15, 0.2) is 0 Å². The molecule has 0 amide bonds. The van der Waals surface area contributed by atoms with E-state index in [0.717, 1.165) is 36.6 Å². The highest BCUT2D eigenvalue weighted by atomic mass is 16.5. The fourth-order valence-corrected chi connectivity index (χ4v) is 3.95. The maximum atomic E-state index is 5.28. The molecule has 1 aliphatic heterocycles. The average molecular weight is 339 g/mol. The van der Waals surface area contributed by atoms with Crippen LogP contribution in [0.3, 0.4) is 0 Å². The van der Waals surface area contributed by atoms with Gasteiger partial charge in [-0.15, -0.1) is 0 Å². The Kier molecular flexibility index (Phi) is 5.69. The molecule has 134 valence electrons. The van der Waals surface area contributed by atoms with Crippen molar-refractivity contribution in [3.63, 3.8) is 0 Å². The second-order valence-corrected chi connectivity index (χ2v) is 7.25. The van der Waals surface area contributed by atoms with Crippen molar-refractivity contribution in [2.24, 2.45) is 5.92 Å². The van der Waals surface area contributed by atoms with Crippen LogP contribution in [-0.4, -0.2) is 35.1 Å². The third kappa shape index (κ3) is 4.57. The van der Waals surface area contributed by atoms with Crippen molar-refractivity contribution in [3.05, 3.63) is 53.0 Å². The first-order chi connectivity index (χ1) is 12.0. The molecule has 3 rings (SSSR count). The Labute approximate surface area is 151 Å². The van der Waals surface area contributed by atoms with Gasteiger partial charge in [0.25, 0.3) is 0 Å². The van der Waals surface area contributed by atoms with Crippen molar-refractivity contribution in [3.8, 4) is 5.88 Å². The van der Waals surface area contributed by atoms with Crippen LogP contribution in [-0.2, 0) is 6.42 Å². The van der Waals surface area contributed by atoms with E-state index in [2.05, 4.69) is 53.8 Å². The van der Waals surface area contributed by atoms with Gasteiger partial charge in [-0.2, -0.15) is 0 Å². The molecular weight excluding hydrogens is 310 g/mol. The van der Waals surface area contributed by atoms with E-state index in [1.807, 2.05) is 12.1 Å². The molecule has 0 radical (unpaired) electrons. The summed E-state index contributed by atoms with van der Waals surface area (Å²) in [6.45, 7) is 8.69. The van der Waals surface area contributed by atoms with E-state index in [4.69, 9.17) is 4.74 Å². The van der Waals surface area contributed by atoms with Crippen LogP contribution in [0.1, 0.15) is 48.5 Å². The molecule has 4 heteroatoms. The molecule has 0 spiro atoms. The van der Waals surface area contributed by atoms with Gasteiger partial charge in [0.1, 0.15) is 0 Å². The Balaban J connectivity index is 1.67. The minimum atomic E-state index is 0.318. The third-order valence-corrected chi connectivity index (χ3v) is 5.15. The maximum absolute atomic E-state index is 5.28. The molecule has 2 aromatic rings. The normalized spacial score (nSPS) is 19.6. The van der Waals surface area contributed by atoms with Crippen LogP contribution in [0.4, 0.5) is 0 Å². The predicted molar refractivity (Wildman–Crippen MR) is 101 cm³/mol. The molecule has 2 aromatic heterocycles. The molecule has 0 N–H and O–H groups in total. The van der Waals surface area contributed by atoms with Gasteiger partial charge in [0.05, 0.1) is 12.8 Å². The first-order valence-electron chi connectivity index (χ1n) is 9.24. The van der Waals surface area contributed by atoms with E-state index < -0.39 is 0 Å². The van der Waals surface area contributed by atoms with Crippen LogP contribution in [0.25, 0.3) is 0 Å². The Morgan fingerprint density at radius 3 is 2.68 bits per heavy atom. The molecule has 0 bridgehead atoms. The molecular formula is C21H29N3O. The van der Waals surface area contributed by atoms with Crippen molar-refractivity contribution in [2.75, 3.05) is 20.2 Å². The SMILES string of the molecule is COc1cccc([C@H](C)N2CCC[C@H](Cc3cc(C)nc(C)c3)C2)n1. The van der Waals surface area contributed by atoms with Gasteiger partial charge in [-0.25, -0.2) is 4.98 Å². The molecule has 2 atom stereocenters. The fraction of sp³-hybridized carbons (Fsp3) is 0.524.